The van der Waals surface area contributed by atoms with Crippen LogP contribution in [0.15, 0.2) is 28.2 Å². The van der Waals surface area contributed by atoms with Crippen molar-refractivity contribution in [1.29, 1.82) is 0 Å². The SMILES string of the molecule is CCCN1CCc2nc(SCC(=O)Nc3cc(C)ccc3OC)[nH]c(=O)c2C1. The minimum absolute atomic E-state index is 0.103. The first kappa shape index (κ1) is 20.4. The van der Waals surface area contributed by atoms with Crippen molar-refractivity contribution in [3.63, 3.8) is 0 Å². The number of aromatic nitrogens is 2. The van der Waals surface area contributed by atoms with Gasteiger partial charge in [-0.3, -0.25) is 14.5 Å². The average molecular weight is 403 g/mol. The Morgan fingerprint density at radius 2 is 2.25 bits per heavy atom. The summed E-state index contributed by atoms with van der Waals surface area (Å²) in [6, 6.07) is 5.61. The number of rotatable bonds is 7. The van der Waals surface area contributed by atoms with Gasteiger partial charge >= 0.3 is 0 Å². The number of ether oxygens (including phenoxy) is 1. The fourth-order valence-electron chi connectivity index (χ4n) is 3.27. The smallest absolute Gasteiger partial charge is 0.256 e. The van der Waals surface area contributed by atoms with Crippen molar-refractivity contribution in [2.75, 3.05) is 31.3 Å². The first-order valence-electron chi connectivity index (χ1n) is 9.42. The van der Waals surface area contributed by atoms with E-state index in [1.54, 1.807) is 7.11 Å². The second-order valence-corrected chi connectivity index (χ2v) is 7.83. The number of nitrogens with zero attached hydrogens (tertiary/aromatic N) is 2. The molecule has 2 aromatic rings. The Labute approximate surface area is 168 Å². The summed E-state index contributed by atoms with van der Waals surface area (Å²) in [7, 11) is 1.57. The zero-order valence-electron chi connectivity index (χ0n) is 16.5. The van der Waals surface area contributed by atoms with Gasteiger partial charge in [-0.25, -0.2) is 4.98 Å². The van der Waals surface area contributed by atoms with E-state index in [4.69, 9.17) is 4.74 Å². The van der Waals surface area contributed by atoms with Crippen molar-refractivity contribution in [2.24, 2.45) is 0 Å². The predicted molar refractivity (Wildman–Crippen MR) is 111 cm³/mol. The molecule has 1 aliphatic heterocycles. The number of fused-ring (bicyclic) bond motifs is 1. The van der Waals surface area contributed by atoms with Crippen LogP contribution in [-0.2, 0) is 17.8 Å². The molecule has 0 aliphatic carbocycles. The Morgan fingerprint density at radius 1 is 1.43 bits per heavy atom. The molecule has 0 saturated carbocycles. The zero-order valence-corrected chi connectivity index (χ0v) is 17.3. The molecule has 0 radical (unpaired) electrons. The van der Waals surface area contributed by atoms with Crippen LogP contribution in [0.4, 0.5) is 5.69 Å². The van der Waals surface area contributed by atoms with Crippen LogP contribution in [0, 0.1) is 6.92 Å². The molecule has 1 aromatic carbocycles. The number of aromatic amines is 1. The van der Waals surface area contributed by atoms with Crippen LogP contribution < -0.4 is 15.6 Å². The van der Waals surface area contributed by atoms with Gasteiger partial charge in [0.1, 0.15) is 5.75 Å². The van der Waals surface area contributed by atoms with Crippen LogP contribution in [0.25, 0.3) is 0 Å². The summed E-state index contributed by atoms with van der Waals surface area (Å²) in [4.78, 5) is 34.4. The molecule has 0 spiro atoms. The van der Waals surface area contributed by atoms with Gasteiger partial charge in [-0.05, 0) is 37.6 Å². The standard InChI is InChI=1S/C20H26N4O3S/c1-4-8-24-9-7-15-14(11-24)19(26)23-20(22-15)28-12-18(25)21-16-10-13(2)5-6-17(16)27-3/h5-6,10H,4,7-9,11-12H2,1-3H3,(H,21,25)(H,22,23,26). The van der Waals surface area contributed by atoms with Crippen molar-refractivity contribution in [2.45, 2.75) is 38.4 Å². The molecule has 0 saturated heterocycles. The molecule has 1 amide bonds. The molecule has 1 aliphatic rings. The monoisotopic (exact) mass is 402 g/mol. The third-order valence-corrected chi connectivity index (χ3v) is 5.51. The molecular formula is C20H26N4O3S. The number of nitrogens with one attached hydrogen (secondary N) is 2. The summed E-state index contributed by atoms with van der Waals surface area (Å²) < 4.78 is 5.28. The Bertz CT molecular complexity index is 913. The lowest BCUT2D eigenvalue weighted by Crippen LogP contribution is -2.36. The summed E-state index contributed by atoms with van der Waals surface area (Å²) in [5, 5.41) is 3.34. The number of carbonyl (C=O) groups is 1. The average Bonchev–Trinajstić information content (AvgIpc) is 2.67. The highest BCUT2D eigenvalue weighted by atomic mass is 32.2. The molecule has 3 rings (SSSR count). The van der Waals surface area contributed by atoms with Gasteiger partial charge in [-0.15, -0.1) is 0 Å². The predicted octanol–water partition coefficient (Wildman–Crippen LogP) is 2.59. The molecule has 2 heterocycles. The number of thioether (sulfide) groups is 1. The maximum absolute atomic E-state index is 12.4. The Balaban J connectivity index is 1.64. The number of methoxy groups -OCH3 is 1. The topological polar surface area (TPSA) is 87.3 Å². The van der Waals surface area contributed by atoms with Crippen LogP contribution in [0.3, 0.4) is 0 Å². The van der Waals surface area contributed by atoms with Crippen molar-refractivity contribution in [3.05, 3.63) is 45.4 Å². The van der Waals surface area contributed by atoms with Crippen LogP contribution in [0.5, 0.6) is 5.75 Å². The Kier molecular flexibility index (Phi) is 6.74. The number of hydrogen-bond acceptors (Lipinski definition) is 6. The molecule has 1 aromatic heterocycles. The second kappa shape index (κ2) is 9.25. The minimum Gasteiger partial charge on any atom is -0.495 e. The van der Waals surface area contributed by atoms with Gasteiger partial charge in [0.05, 0.1) is 29.8 Å². The third kappa shape index (κ3) is 4.94. The first-order valence-corrected chi connectivity index (χ1v) is 10.4. The number of aryl methyl sites for hydroxylation is 1. The quantitative estimate of drug-likeness (QED) is 0.547. The first-order chi connectivity index (χ1) is 13.5. The fourth-order valence-corrected chi connectivity index (χ4v) is 3.95. The van der Waals surface area contributed by atoms with Gasteiger partial charge in [-0.1, -0.05) is 24.8 Å². The van der Waals surface area contributed by atoms with E-state index in [-0.39, 0.29) is 17.2 Å². The summed E-state index contributed by atoms with van der Waals surface area (Å²) in [5.41, 5.74) is 3.16. The van der Waals surface area contributed by atoms with Crippen molar-refractivity contribution >= 4 is 23.4 Å². The lowest BCUT2D eigenvalue weighted by molar-refractivity contribution is -0.113. The van der Waals surface area contributed by atoms with Gasteiger partial charge in [-0.2, -0.15) is 0 Å². The maximum atomic E-state index is 12.4. The van der Waals surface area contributed by atoms with E-state index >= 15 is 0 Å². The number of amides is 1. The highest BCUT2D eigenvalue weighted by Gasteiger charge is 2.21. The van der Waals surface area contributed by atoms with E-state index in [0.717, 1.165) is 42.8 Å². The van der Waals surface area contributed by atoms with E-state index in [9.17, 15) is 9.59 Å². The molecule has 0 atom stereocenters. The highest BCUT2D eigenvalue weighted by Crippen LogP contribution is 2.25. The fraction of sp³-hybridized carbons (Fsp3) is 0.450. The summed E-state index contributed by atoms with van der Waals surface area (Å²) in [6.45, 7) is 6.62. The normalized spacial score (nSPS) is 13.8. The molecule has 150 valence electrons. The Hall–Kier alpha value is -2.32. The molecule has 2 N–H and O–H groups in total. The Morgan fingerprint density at radius 3 is 3.00 bits per heavy atom. The van der Waals surface area contributed by atoms with Gasteiger partial charge in [0.15, 0.2) is 5.16 Å². The van der Waals surface area contributed by atoms with Crippen LogP contribution >= 0.6 is 11.8 Å². The van der Waals surface area contributed by atoms with E-state index in [1.165, 1.54) is 11.8 Å². The number of H-pyrrole nitrogens is 1. The van der Waals surface area contributed by atoms with E-state index in [1.807, 2.05) is 25.1 Å². The largest absolute Gasteiger partial charge is 0.495 e. The molecule has 0 bridgehead atoms. The number of carbonyl (C=O) groups excluding carboxylic acids is 1. The minimum atomic E-state index is -0.177. The number of hydrogen-bond donors (Lipinski definition) is 2. The number of anilines is 1. The van der Waals surface area contributed by atoms with Crippen LogP contribution in [0.2, 0.25) is 0 Å². The van der Waals surface area contributed by atoms with Gasteiger partial charge < -0.3 is 15.0 Å². The van der Waals surface area contributed by atoms with Crippen molar-refractivity contribution < 1.29 is 9.53 Å². The molecule has 28 heavy (non-hydrogen) atoms. The zero-order chi connectivity index (χ0) is 20.1. The molecular weight excluding hydrogens is 376 g/mol. The van der Waals surface area contributed by atoms with Crippen molar-refractivity contribution in [1.82, 2.24) is 14.9 Å². The third-order valence-electron chi connectivity index (χ3n) is 4.63. The van der Waals surface area contributed by atoms with Crippen LogP contribution in [0.1, 0.15) is 30.2 Å². The van der Waals surface area contributed by atoms with Gasteiger partial charge in [0.2, 0.25) is 5.91 Å². The lowest BCUT2D eigenvalue weighted by atomic mass is 10.1. The summed E-state index contributed by atoms with van der Waals surface area (Å²) in [5.74, 6) is 0.588. The maximum Gasteiger partial charge on any atom is 0.256 e. The molecule has 0 fully saturated rings. The molecule has 8 heteroatoms. The van der Waals surface area contributed by atoms with Crippen molar-refractivity contribution in [3.8, 4) is 5.75 Å². The molecule has 0 unspecified atom stereocenters. The van der Waals surface area contributed by atoms with Gasteiger partial charge in [0, 0.05) is 19.5 Å². The van der Waals surface area contributed by atoms with Crippen LogP contribution in [-0.4, -0.2) is 46.7 Å². The highest BCUT2D eigenvalue weighted by molar-refractivity contribution is 7.99. The summed E-state index contributed by atoms with van der Waals surface area (Å²) in [6.07, 6.45) is 1.83. The number of benzene rings is 1. The molecule has 7 nitrogen and oxygen atoms in total. The summed E-state index contributed by atoms with van der Waals surface area (Å²) >= 11 is 1.23. The van der Waals surface area contributed by atoms with E-state index in [0.29, 0.717) is 23.1 Å². The lowest BCUT2D eigenvalue weighted by Gasteiger charge is -2.27. The second-order valence-electron chi connectivity index (χ2n) is 6.86. The van der Waals surface area contributed by atoms with E-state index < -0.39 is 0 Å². The van der Waals surface area contributed by atoms with E-state index in [2.05, 4.69) is 27.1 Å². The van der Waals surface area contributed by atoms with Gasteiger partial charge in [0.25, 0.3) is 5.56 Å².